The van der Waals surface area contributed by atoms with Crippen LogP contribution in [-0.2, 0) is 11.3 Å². The van der Waals surface area contributed by atoms with Crippen LogP contribution < -0.4 is 10.6 Å². The van der Waals surface area contributed by atoms with Crippen molar-refractivity contribution in [3.05, 3.63) is 35.9 Å². The van der Waals surface area contributed by atoms with E-state index in [1.807, 2.05) is 18.2 Å². The van der Waals surface area contributed by atoms with Crippen molar-refractivity contribution >= 4 is 5.96 Å². The lowest BCUT2D eigenvalue weighted by atomic mass is 9.89. The molecule has 112 valence electrons. The van der Waals surface area contributed by atoms with Crippen LogP contribution >= 0.6 is 0 Å². The molecule has 2 N–H and O–H groups in total. The highest BCUT2D eigenvalue weighted by Gasteiger charge is 2.24. The lowest BCUT2D eigenvalue weighted by Gasteiger charge is -2.30. The van der Waals surface area contributed by atoms with Crippen LogP contribution in [0.1, 0.15) is 26.3 Å². The molecule has 4 nitrogen and oxygen atoms in total. The van der Waals surface area contributed by atoms with E-state index in [0.29, 0.717) is 0 Å². The molecule has 1 aromatic carbocycles. The Kier molecular flexibility index (Phi) is 6.52. The molecule has 1 atom stereocenters. The lowest BCUT2D eigenvalue weighted by molar-refractivity contribution is 0.0205. The van der Waals surface area contributed by atoms with Crippen LogP contribution in [0.15, 0.2) is 35.3 Å². The van der Waals surface area contributed by atoms with Gasteiger partial charge in [-0.1, -0.05) is 51.1 Å². The van der Waals surface area contributed by atoms with Gasteiger partial charge in [0.15, 0.2) is 5.96 Å². The third kappa shape index (κ3) is 5.61. The summed E-state index contributed by atoms with van der Waals surface area (Å²) in [6.07, 6.45) is 0.137. The van der Waals surface area contributed by atoms with E-state index in [0.717, 1.165) is 19.0 Å². The summed E-state index contributed by atoms with van der Waals surface area (Å²) >= 11 is 0. The van der Waals surface area contributed by atoms with Gasteiger partial charge in [0.2, 0.25) is 0 Å². The van der Waals surface area contributed by atoms with E-state index in [4.69, 9.17) is 4.74 Å². The molecule has 0 aliphatic carbocycles. The summed E-state index contributed by atoms with van der Waals surface area (Å²) in [5.41, 5.74) is 1.33. The number of benzene rings is 1. The topological polar surface area (TPSA) is 45.7 Å². The third-order valence-corrected chi connectivity index (χ3v) is 3.23. The Balaban J connectivity index is 2.44. The summed E-state index contributed by atoms with van der Waals surface area (Å²) < 4.78 is 5.53. The average molecular weight is 277 g/mol. The predicted octanol–water partition coefficient (Wildman–Crippen LogP) is 2.41. The van der Waals surface area contributed by atoms with E-state index in [2.05, 4.69) is 48.5 Å². The molecule has 0 spiro atoms. The minimum Gasteiger partial charge on any atom is -0.379 e. The number of nitrogens with one attached hydrogen (secondary N) is 2. The number of hydrogen-bond acceptors (Lipinski definition) is 2. The first-order valence-electron chi connectivity index (χ1n) is 6.98. The van der Waals surface area contributed by atoms with Crippen LogP contribution in [0.2, 0.25) is 0 Å². The van der Waals surface area contributed by atoms with Crippen LogP contribution in [0, 0.1) is 5.41 Å². The largest absolute Gasteiger partial charge is 0.379 e. The molecule has 0 saturated heterocycles. The lowest BCUT2D eigenvalue weighted by Crippen LogP contribution is -2.45. The quantitative estimate of drug-likeness (QED) is 0.642. The van der Waals surface area contributed by atoms with E-state index < -0.39 is 0 Å². The van der Waals surface area contributed by atoms with E-state index >= 15 is 0 Å². The van der Waals surface area contributed by atoms with E-state index in [-0.39, 0.29) is 11.5 Å². The van der Waals surface area contributed by atoms with E-state index in [1.54, 1.807) is 14.2 Å². The Morgan fingerprint density at radius 1 is 1.20 bits per heavy atom. The van der Waals surface area contributed by atoms with Crippen LogP contribution in [0.4, 0.5) is 0 Å². The molecule has 0 aliphatic rings. The zero-order chi connectivity index (χ0) is 15.0. The van der Waals surface area contributed by atoms with Crippen LogP contribution in [0.5, 0.6) is 0 Å². The fraction of sp³-hybridized carbons (Fsp3) is 0.562. The SMILES string of the molecule is CN=C(NCc1ccccc1)NCC(OC)C(C)(C)C. The zero-order valence-electron chi connectivity index (χ0n) is 13.2. The molecule has 0 aliphatic heterocycles. The summed E-state index contributed by atoms with van der Waals surface area (Å²) in [6, 6.07) is 10.3. The number of methoxy groups -OCH3 is 1. The van der Waals surface area contributed by atoms with Crippen LogP contribution in [0.3, 0.4) is 0 Å². The molecule has 0 heterocycles. The standard InChI is InChI=1S/C16H27N3O/c1-16(2,3)14(20-5)12-19-15(17-4)18-11-13-9-7-6-8-10-13/h6-10,14H,11-12H2,1-5H3,(H2,17,18,19). The highest BCUT2D eigenvalue weighted by Crippen LogP contribution is 2.20. The summed E-state index contributed by atoms with van der Waals surface area (Å²) in [4.78, 5) is 4.23. The summed E-state index contributed by atoms with van der Waals surface area (Å²) in [5.74, 6) is 0.792. The summed E-state index contributed by atoms with van der Waals surface area (Å²) in [6.45, 7) is 8.00. The van der Waals surface area contributed by atoms with Gasteiger partial charge in [0.1, 0.15) is 0 Å². The summed E-state index contributed by atoms with van der Waals surface area (Å²) in [7, 11) is 3.52. The van der Waals surface area contributed by atoms with Gasteiger partial charge >= 0.3 is 0 Å². The molecule has 0 radical (unpaired) electrons. The van der Waals surface area contributed by atoms with Crippen molar-refractivity contribution in [1.82, 2.24) is 10.6 Å². The minimum absolute atomic E-state index is 0.0973. The summed E-state index contributed by atoms with van der Waals surface area (Å²) in [5, 5.41) is 6.61. The van der Waals surface area contributed by atoms with Gasteiger partial charge in [0, 0.05) is 27.2 Å². The van der Waals surface area contributed by atoms with Crippen molar-refractivity contribution in [2.45, 2.75) is 33.4 Å². The molecule has 1 aromatic rings. The molecule has 0 amide bonds. The molecule has 4 heteroatoms. The predicted molar refractivity (Wildman–Crippen MR) is 84.9 cm³/mol. The molecule has 20 heavy (non-hydrogen) atoms. The fourth-order valence-corrected chi connectivity index (χ4v) is 1.93. The number of guanidine groups is 1. The maximum atomic E-state index is 5.53. The Hall–Kier alpha value is -1.55. The number of hydrogen-bond donors (Lipinski definition) is 2. The molecule has 0 saturated carbocycles. The van der Waals surface area contributed by atoms with Crippen molar-refractivity contribution in [2.75, 3.05) is 20.7 Å². The van der Waals surface area contributed by atoms with Crippen LogP contribution in [-0.4, -0.2) is 32.8 Å². The van der Waals surface area contributed by atoms with Crippen molar-refractivity contribution in [2.24, 2.45) is 10.4 Å². The molecular weight excluding hydrogens is 250 g/mol. The van der Waals surface area contributed by atoms with Crippen molar-refractivity contribution in [3.63, 3.8) is 0 Å². The van der Waals surface area contributed by atoms with Gasteiger partial charge in [-0.2, -0.15) is 0 Å². The first-order chi connectivity index (χ1) is 9.47. The van der Waals surface area contributed by atoms with Crippen molar-refractivity contribution < 1.29 is 4.74 Å². The van der Waals surface area contributed by atoms with Gasteiger partial charge in [-0.15, -0.1) is 0 Å². The number of rotatable bonds is 5. The molecule has 0 bridgehead atoms. The molecule has 0 aromatic heterocycles. The number of nitrogens with zero attached hydrogens (tertiary/aromatic N) is 1. The highest BCUT2D eigenvalue weighted by atomic mass is 16.5. The van der Waals surface area contributed by atoms with Gasteiger partial charge in [-0.25, -0.2) is 0 Å². The Morgan fingerprint density at radius 3 is 2.35 bits per heavy atom. The zero-order valence-corrected chi connectivity index (χ0v) is 13.2. The van der Waals surface area contributed by atoms with Crippen molar-refractivity contribution in [1.29, 1.82) is 0 Å². The Bertz CT molecular complexity index is 409. The second-order valence-corrected chi connectivity index (χ2v) is 5.88. The van der Waals surface area contributed by atoms with Gasteiger partial charge in [-0.05, 0) is 11.0 Å². The second kappa shape index (κ2) is 7.90. The average Bonchev–Trinajstić information content (AvgIpc) is 2.42. The van der Waals surface area contributed by atoms with E-state index in [9.17, 15) is 0 Å². The van der Waals surface area contributed by atoms with Gasteiger partial charge in [0.05, 0.1) is 6.10 Å². The minimum atomic E-state index is 0.0973. The normalized spacial score (nSPS) is 13.9. The van der Waals surface area contributed by atoms with Crippen molar-refractivity contribution in [3.8, 4) is 0 Å². The highest BCUT2D eigenvalue weighted by molar-refractivity contribution is 5.79. The first kappa shape index (κ1) is 16.5. The number of aliphatic imine (C=N–C) groups is 1. The second-order valence-electron chi connectivity index (χ2n) is 5.88. The number of ether oxygens (including phenoxy) is 1. The molecule has 1 unspecified atom stereocenters. The molecular formula is C16H27N3O. The maximum Gasteiger partial charge on any atom is 0.191 e. The van der Waals surface area contributed by atoms with Crippen LogP contribution in [0.25, 0.3) is 0 Å². The Morgan fingerprint density at radius 2 is 1.85 bits per heavy atom. The molecule has 0 fully saturated rings. The Labute approximate surface area is 122 Å². The smallest absolute Gasteiger partial charge is 0.191 e. The first-order valence-corrected chi connectivity index (χ1v) is 6.98. The molecule has 1 rings (SSSR count). The van der Waals surface area contributed by atoms with E-state index in [1.165, 1.54) is 5.56 Å². The van der Waals surface area contributed by atoms with Gasteiger partial charge in [-0.3, -0.25) is 4.99 Å². The maximum absolute atomic E-state index is 5.53. The van der Waals surface area contributed by atoms with Gasteiger partial charge < -0.3 is 15.4 Å². The van der Waals surface area contributed by atoms with Gasteiger partial charge in [0.25, 0.3) is 0 Å². The monoisotopic (exact) mass is 277 g/mol. The third-order valence-electron chi connectivity index (χ3n) is 3.23. The fourth-order valence-electron chi connectivity index (χ4n) is 1.93.